The van der Waals surface area contributed by atoms with Crippen LogP contribution in [-0.2, 0) is 4.84 Å². The van der Waals surface area contributed by atoms with Gasteiger partial charge in [-0.3, -0.25) is 0 Å². The first kappa shape index (κ1) is 15.8. The highest BCUT2D eigenvalue weighted by Crippen LogP contribution is 1.46. The second-order valence-corrected chi connectivity index (χ2v) is 0.455. The van der Waals surface area contributed by atoms with E-state index in [2.05, 4.69) is 10.7 Å². The number of rotatable bonds is 1. The van der Waals surface area contributed by atoms with Crippen LogP contribution in [0.2, 0.25) is 0 Å². The van der Waals surface area contributed by atoms with E-state index in [4.69, 9.17) is 0 Å². The van der Waals surface area contributed by atoms with Gasteiger partial charge in [0.2, 0.25) is 0 Å². The zero-order valence-corrected chi connectivity index (χ0v) is 4.69. The van der Waals surface area contributed by atoms with Crippen LogP contribution in [0.5, 0.6) is 0 Å². The van der Waals surface area contributed by atoms with Crippen molar-refractivity contribution < 1.29 is 4.84 Å². The second-order valence-electron chi connectivity index (χ2n) is 0.455. The largest absolute Gasteiger partial charge is 0.305 e. The Morgan fingerprint density at radius 1 is 1.43 bits per heavy atom. The van der Waals surface area contributed by atoms with E-state index in [9.17, 15) is 0 Å². The van der Waals surface area contributed by atoms with Gasteiger partial charge in [-0.15, -0.1) is 0 Å². The maximum atomic E-state index is 4.53. The number of nitrogens with two attached hydrogens (primary N) is 1. The van der Waals surface area contributed by atoms with E-state index in [1.165, 1.54) is 0 Å². The molecule has 0 aliphatic heterocycles. The Bertz CT molecular complexity index is 10.0. The minimum atomic E-state index is 0. The van der Waals surface area contributed by atoms with Crippen molar-refractivity contribution in [2.45, 2.75) is 28.2 Å². The van der Waals surface area contributed by atoms with Crippen LogP contribution in [0.25, 0.3) is 0 Å². The SMILES string of the molecule is C.CC.CCON. The molecule has 0 radical (unpaired) electrons. The van der Waals surface area contributed by atoms with E-state index < -0.39 is 0 Å². The summed E-state index contributed by atoms with van der Waals surface area (Å²) < 4.78 is 0. The van der Waals surface area contributed by atoms with Crippen LogP contribution in [0.3, 0.4) is 0 Å². The first-order valence-electron chi connectivity index (χ1n) is 2.23. The quantitative estimate of drug-likeness (QED) is 0.516. The van der Waals surface area contributed by atoms with Crippen molar-refractivity contribution >= 4 is 0 Å². The van der Waals surface area contributed by atoms with Gasteiger partial charge in [0.05, 0.1) is 6.61 Å². The normalized spacial score (nSPS) is 5.14. The third-order valence-electron chi connectivity index (χ3n) is 0.167. The Morgan fingerprint density at radius 3 is 1.57 bits per heavy atom. The van der Waals surface area contributed by atoms with Gasteiger partial charge >= 0.3 is 0 Å². The first-order chi connectivity index (χ1) is 2.91. The molecule has 0 atom stereocenters. The van der Waals surface area contributed by atoms with Crippen molar-refractivity contribution in [1.82, 2.24) is 0 Å². The molecule has 7 heavy (non-hydrogen) atoms. The van der Waals surface area contributed by atoms with Crippen molar-refractivity contribution in [3.63, 3.8) is 0 Å². The predicted molar refractivity (Wildman–Crippen MR) is 33.9 cm³/mol. The molecule has 0 fully saturated rings. The Labute approximate surface area is 46.6 Å². The molecule has 0 rings (SSSR count). The van der Waals surface area contributed by atoms with Gasteiger partial charge in [0.1, 0.15) is 0 Å². The second kappa shape index (κ2) is 38.9. The van der Waals surface area contributed by atoms with Crippen LogP contribution in [0, 0.1) is 0 Å². The highest BCUT2D eigenvalue weighted by Gasteiger charge is 1.52. The van der Waals surface area contributed by atoms with Crippen molar-refractivity contribution in [2.75, 3.05) is 6.61 Å². The maximum absolute atomic E-state index is 4.53. The maximum Gasteiger partial charge on any atom is 0.0651 e. The summed E-state index contributed by atoms with van der Waals surface area (Å²) in [7, 11) is 0. The zero-order chi connectivity index (χ0) is 5.41. The van der Waals surface area contributed by atoms with Gasteiger partial charge in [-0.05, 0) is 6.92 Å². The summed E-state index contributed by atoms with van der Waals surface area (Å²) in [6.45, 7) is 6.43. The molecule has 0 unspecified atom stereocenters. The summed E-state index contributed by atoms with van der Waals surface area (Å²) in [5, 5.41) is 0. The average Bonchev–Trinajstić information content (AvgIpc) is 1.72. The average molecular weight is 107 g/mol. The molecule has 48 valence electrons. The molecule has 0 saturated heterocycles. The molecule has 0 saturated carbocycles. The first-order valence-corrected chi connectivity index (χ1v) is 2.23. The van der Waals surface area contributed by atoms with Gasteiger partial charge in [-0.1, -0.05) is 21.3 Å². The molecule has 0 aliphatic rings. The van der Waals surface area contributed by atoms with Crippen LogP contribution in [-0.4, -0.2) is 6.61 Å². The standard InChI is InChI=1S/C2H7NO.C2H6.CH4/c1-2-4-3;1-2;/h2-3H2,1H3;1-2H3;1H4. The van der Waals surface area contributed by atoms with E-state index in [0.29, 0.717) is 6.61 Å². The van der Waals surface area contributed by atoms with Crippen LogP contribution >= 0.6 is 0 Å². The molecule has 2 nitrogen and oxygen atoms in total. The fraction of sp³-hybridized carbons (Fsp3) is 1.00. The fourth-order valence-electron chi connectivity index (χ4n) is 0. The molecule has 0 aromatic heterocycles. The predicted octanol–water partition coefficient (Wildman–Crippen LogP) is 1.56. The lowest BCUT2D eigenvalue weighted by Gasteiger charge is -1.76. The minimum absolute atomic E-state index is 0. The van der Waals surface area contributed by atoms with Crippen molar-refractivity contribution in [3.05, 3.63) is 0 Å². The molecule has 0 heterocycles. The third kappa shape index (κ3) is 107. The number of hydrogen-bond donors (Lipinski definition) is 1. The smallest absolute Gasteiger partial charge is 0.0651 e. The van der Waals surface area contributed by atoms with Gasteiger partial charge in [-0.25, -0.2) is 5.90 Å². The summed E-state index contributed by atoms with van der Waals surface area (Å²) in [5.41, 5.74) is 0. The van der Waals surface area contributed by atoms with E-state index in [0.717, 1.165) is 0 Å². The summed E-state index contributed by atoms with van der Waals surface area (Å²) in [6, 6.07) is 0. The molecule has 0 aromatic carbocycles. The van der Waals surface area contributed by atoms with Gasteiger partial charge in [0.15, 0.2) is 0 Å². The summed E-state index contributed by atoms with van der Waals surface area (Å²) in [6.07, 6.45) is 0. The third-order valence-corrected chi connectivity index (χ3v) is 0.167. The monoisotopic (exact) mass is 107 g/mol. The van der Waals surface area contributed by atoms with Gasteiger partial charge in [0.25, 0.3) is 0 Å². The molecule has 0 aromatic rings. The molecular formula is C5H17NO. The van der Waals surface area contributed by atoms with Gasteiger partial charge in [-0.2, -0.15) is 0 Å². The fourth-order valence-corrected chi connectivity index (χ4v) is 0. The van der Waals surface area contributed by atoms with Crippen LogP contribution in [0.15, 0.2) is 0 Å². The van der Waals surface area contributed by atoms with Crippen molar-refractivity contribution in [1.29, 1.82) is 0 Å². The topological polar surface area (TPSA) is 35.2 Å². The summed E-state index contributed by atoms with van der Waals surface area (Å²) >= 11 is 0. The highest BCUT2D eigenvalue weighted by atomic mass is 16.6. The lowest BCUT2D eigenvalue weighted by Crippen LogP contribution is -1.94. The van der Waals surface area contributed by atoms with Crippen molar-refractivity contribution in [2.24, 2.45) is 5.90 Å². The molecule has 0 aliphatic carbocycles. The Hall–Kier alpha value is -0.0800. The molecule has 2 N–H and O–H groups in total. The van der Waals surface area contributed by atoms with Gasteiger partial charge < -0.3 is 4.84 Å². The van der Waals surface area contributed by atoms with E-state index in [1.54, 1.807) is 0 Å². The molecule has 2 heteroatoms. The Kier molecular flexibility index (Phi) is 87.6. The molecule has 0 spiro atoms. The molecular weight excluding hydrogens is 90.1 g/mol. The molecule has 0 amide bonds. The summed E-state index contributed by atoms with van der Waals surface area (Å²) in [4.78, 5) is 4.04. The minimum Gasteiger partial charge on any atom is -0.305 e. The van der Waals surface area contributed by atoms with Gasteiger partial charge in [0, 0.05) is 0 Å². The Morgan fingerprint density at radius 2 is 1.57 bits per heavy atom. The van der Waals surface area contributed by atoms with E-state index >= 15 is 0 Å². The molecule has 0 bridgehead atoms. The number of hydrogen-bond acceptors (Lipinski definition) is 2. The highest BCUT2D eigenvalue weighted by molar-refractivity contribution is 3.91. The zero-order valence-electron chi connectivity index (χ0n) is 4.69. The van der Waals surface area contributed by atoms with Crippen LogP contribution in [0.1, 0.15) is 28.2 Å². The Balaban J connectivity index is -0.0000000480. The van der Waals surface area contributed by atoms with Crippen LogP contribution < -0.4 is 5.90 Å². The summed E-state index contributed by atoms with van der Waals surface area (Å²) in [5.74, 6) is 4.53. The lowest BCUT2D eigenvalue weighted by molar-refractivity contribution is 0.152. The lowest BCUT2D eigenvalue weighted by atomic mass is 10.9. The van der Waals surface area contributed by atoms with E-state index in [-0.39, 0.29) is 7.43 Å². The van der Waals surface area contributed by atoms with Crippen LogP contribution in [0.4, 0.5) is 0 Å². The van der Waals surface area contributed by atoms with E-state index in [1.807, 2.05) is 20.8 Å². The van der Waals surface area contributed by atoms with Crippen molar-refractivity contribution in [3.8, 4) is 0 Å².